The van der Waals surface area contributed by atoms with E-state index in [1.807, 2.05) is 6.92 Å². The van der Waals surface area contributed by atoms with Crippen LogP contribution in [0.1, 0.15) is 62.8 Å². The van der Waals surface area contributed by atoms with Gasteiger partial charge in [0, 0.05) is 50.9 Å². The number of halogens is 3. The summed E-state index contributed by atoms with van der Waals surface area (Å²) >= 11 is 0. The smallest absolute Gasteiger partial charge is 0.417 e. The van der Waals surface area contributed by atoms with Crippen LogP contribution in [0.4, 0.5) is 13.2 Å². The number of alkyl halides is 3. The van der Waals surface area contributed by atoms with Crippen LogP contribution in [-0.4, -0.2) is 64.9 Å². The zero-order chi connectivity index (χ0) is 24.3. The van der Waals surface area contributed by atoms with Crippen LogP contribution in [0, 0.1) is 5.92 Å². The van der Waals surface area contributed by atoms with Crippen molar-refractivity contribution in [2.45, 2.75) is 75.7 Å². The average Bonchev–Trinajstić information content (AvgIpc) is 2.80. The number of rotatable bonds is 7. The van der Waals surface area contributed by atoms with Crippen molar-refractivity contribution >= 4 is 10.9 Å². The molecule has 0 bridgehead atoms. The zero-order valence-electron chi connectivity index (χ0n) is 19.6. The molecule has 7 nitrogen and oxygen atoms in total. The minimum Gasteiger partial charge on any atom is -0.474 e. The molecule has 0 aromatic carbocycles. The average molecular weight is 484 g/mol. The van der Waals surface area contributed by atoms with E-state index in [0.717, 1.165) is 18.4 Å². The van der Waals surface area contributed by atoms with Crippen LogP contribution < -0.4 is 4.74 Å². The number of fused-ring (bicyclic) bond motifs is 1. The van der Waals surface area contributed by atoms with Gasteiger partial charge in [0.15, 0.2) is 5.60 Å². The lowest BCUT2D eigenvalue weighted by molar-refractivity contribution is -0.270. The van der Waals surface area contributed by atoms with E-state index >= 15 is 0 Å². The number of nitrogens with zero attached hydrogens (tertiary/aromatic N) is 3. The summed E-state index contributed by atoms with van der Waals surface area (Å²) in [6.45, 7) is 3.87. The van der Waals surface area contributed by atoms with Crippen LogP contribution >= 0.6 is 0 Å². The Labute approximate surface area is 197 Å². The Balaban J connectivity index is 1.65. The molecule has 0 unspecified atom stereocenters. The highest BCUT2D eigenvalue weighted by Crippen LogP contribution is 2.47. The van der Waals surface area contributed by atoms with Gasteiger partial charge in [-0.05, 0) is 37.5 Å². The predicted molar refractivity (Wildman–Crippen MR) is 119 cm³/mol. The Morgan fingerprint density at radius 1 is 1.15 bits per heavy atom. The van der Waals surface area contributed by atoms with Gasteiger partial charge in [0.25, 0.3) is 0 Å². The molecule has 1 saturated heterocycles. The van der Waals surface area contributed by atoms with E-state index in [9.17, 15) is 18.3 Å². The lowest BCUT2D eigenvalue weighted by atomic mass is 9.75. The summed E-state index contributed by atoms with van der Waals surface area (Å²) in [5, 5.41) is 10.8. The van der Waals surface area contributed by atoms with Crippen molar-refractivity contribution in [2.24, 2.45) is 5.92 Å². The monoisotopic (exact) mass is 483 g/mol. The van der Waals surface area contributed by atoms with Crippen LogP contribution in [0.25, 0.3) is 10.9 Å². The maximum atomic E-state index is 13.3. The highest BCUT2D eigenvalue weighted by Gasteiger charge is 2.54. The molecule has 0 amide bonds. The van der Waals surface area contributed by atoms with Crippen LogP contribution in [0.3, 0.4) is 0 Å². The fourth-order valence-corrected chi connectivity index (χ4v) is 4.84. The summed E-state index contributed by atoms with van der Waals surface area (Å²) in [5.74, 6) is 1.10. The first-order chi connectivity index (χ1) is 16.2. The van der Waals surface area contributed by atoms with Crippen molar-refractivity contribution in [2.75, 3.05) is 26.9 Å². The van der Waals surface area contributed by atoms with E-state index < -0.39 is 11.8 Å². The quantitative estimate of drug-likeness (QED) is 0.626. The molecule has 10 heteroatoms. The molecule has 1 N–H and O–H groups in total. The summed E-state index contributed by atoms with van der Waals surface area (Å²) in [4.78, 5) is 13.9. The van der Waals surface area contributed by atoms with Gasteiger partial charge < -0.3 is 19.3 Å². The van der Waals surface area contributed by atoms with Gasteiger partial charge in [0.2, 0.25) is 5.88 Å². The van der Waals surface area contributed by atoms with Gasteiger partial charge in [-0.3, -0.25) is 0 Å². The first-order valence-electron chi connectivity index (χ1n) is 11.9. The molecule has 2 aromatic rings. The normalized spacial score (nSPS) is 25.4. The molecule has 2 fully saturated rings. The third-order valence-corrected chi connectivity index (χ3v) is 6.87. The minimum absolute atomic E-state index is 0.0202. The van der Waals surface area contributed by atoms with Gasteiger partial charge in [-0.25, -0.2) is 15.0 Å². The number of aromatic nitrogens is 3. The first kappa shape index (κ1) is 25.1. The van der Waals surface area contributed by atoms with Crippen LogP contribution in [0.15, 0.2) is 12.4 Å². The van der Waals surface area contributed by atoms with Gasteiger partial charge >= 0.3 is 6.18 Å². The second-order valence-corrected chi connectivity index (χ2v) is 9.57. The maximum Gasteiger partial charge on any atom is 0.417 e. The summed E-state index contributed by atoms with van der Waals surface area (Å²) in [5.41, 5.74) is -1.19. The van der Waals surface area contributed by atoms with Crippen LogP contribution in [-0.2, 0) is 15.9 Å². The van der Waals surface area contributed by atoms with Gasteiger partial charge in [-0.2, -0.15) is 13.2 Å². The Bertz CT molecular complexity index is 974. The molecular weight excluding hydrogens is 451 g/mol. The van der Waals surface area contributed by atoms with Crippen molar-refractivity contribution in [3.8, 4) is 5.88 Å². The summed E-state index contributed by atoms with van der Waals surface area (Å²) < 4.78 is 56.7. The fraction of sp³-hybridized carbons (Fsp3) is 0.708. The minimum atomic E-state index is -4.63. The van der Waals surface area contributed by atoms with Crippen molar-refractivity contribution in [3.05, 3.63) is 23.8 Å². The third-order valence-electron chi connectivity index (χ3n) is 6.87. The second-order valence-electron chi connectivity index (χ2n) is 9.57. The maximum absolute atomic E-state index is 13.3. The molecule has 2 aliphatic rings. The molecule has 34 heavy (non-hydrogen) atoms. The molecule has 1 saturated carbocycles. The fourth-order valence-electron chi connectivity index (χ4n) is 4.84. The Morgan fingerprint density at radius 2 is 1.85 bits per heavy atom. The zero-order valence-corrected chi connectivity index (χ0v) is 19.6. The number of hydrogen-bond donors (Lipinski definition) is 1. The molecule has 2 aromatic heterocycles. The lowest BCUT2D eigenvalue weighted by Crippen LogP contribution is -2.47. The van der Waals surface area contributed by atoms with Crippen LogP contribution in [0.5, 0.6) is 5.88 Å². The van der Waals surface area contributed by atoms with Crippen molar-refractivity contribution < 1.29 is 32.5 Å². The third kappa shape index (κ3) is 5.44. The largest absolute Gasteiger partial charge is 0.474 e. The molecule has 3 heterocycles. The van der Waals surface area contributed by atoms with E-state index in [0.29, 0.717) is 48.8 Å². The predicted octanol–water partition coefficient (Wildman–Crippen LogP) is 4.36. The SMILES string of the molecule is COC[C@H](C)Cc1ncc2c(OC3CCOCC3)ncc(C3CCC(O)(C(F)(F)F)CC3)c2n1. The van der Waals surface area contributed by atoms with Gasteiger partial charge in [0.1, 0.15) is 11.9 Å². The first-order valence-corrected chi connectivity index (χ1v) is 11.9. The number of hydrogen-bond acceptors (Lipinski definition) is 7. The van der Waals surface area contributed by atoms with Crippen molar-refractivity contribution in [3.63, 3.8) is 0 Å². The Morgan fingerprint density at radius 3 is 2.50 bits per heavy atom. The van der Waals surface area contributed by atoms with Crippen LogP contribution in [0.2, 0.25) is 0 Å². The molecule has 1 atom stereocenters. The molecule has 1 aliphatic heterocycles. The number of ether oxygens (including phenoxy) is 3. The van der Waals surface area contributed by atoms with Gasteiger partial charge in [-0.1, -0.05) is 6.92 Å². The Kier molecular flexibility index (Phi) is 7.59. The van der Waals surface area contributed by atoms with E-state index in [1.54, 1.807) is 19.5 Å². The van der Waals surface area contributed by atoms with Gasteiger partial charge in [0.05, 0.1) is 24.1 Å². The standard InChI is InChI=1S/C24H32F3N3O4/c1-15(14-32-2)11-20-28-13-19-21(30-20)18(12-29-22(19)34-17-5-9-33-10-6-17)16-3-7-23(31,8-4-16)24(25,26)27/h12-13,15-17,31H,3-11,14H2,1-2H3/t15-,16?,23?/m1/s1. The van der Waals surface area contributed by atoms with E-state index in [4.69, 9.17) is 19.2 Å². The van der Waals surface area contributed by atoms with E-state index in [-0.39, 0.29) is 43.6 Å². The van der Waals surface area contributed by atoms with Gasteiger partial charge in [-0.15, -0.1) is 0 Å². The van der Waals surface area contributed by atoms with E-state index in [2.05, 4.69) is 9.97 Å². The molecule has 4 rings (SSSR count). The topological polar surface area (TPSA) is 86.6 Å². The number of aliphatic hydroxyl groups is 1. The molecule has 0 radical (unpaired) electrons. The highest BCUT2D eigenvalue weighted by molar-refractivity contribution is 5.85. The highest BCUT2D eigenvalue weighted by atomic mass is 19.4. The Hall–Kier alpha value is -2.04. The number of methoxy groups -OCH3 is 1. The van der Waals surface area contributed by atoms with E-state index in [1.165, 1.54) is 0 Å². The summed E-state index contributed by atoms with van der Waals surface area (Å²) in [6, 6.07) is 0. The van der Waals surface area contributed by atoms with Crippen molar-refractivity contribution in [1.82, 2.24) is 15.0 Å². The molecule has 1 aliphatic carbocycles. The molecule has 188 valence electrons. The summed E-state index contributed by atoms with van der Waals surface area (Å²) in [7, 11) is 1.65. The summed E-state index contributed by atoms with van der Waals surface area (Å²) in [6.07, 6.45) is 0.580. The molecule has 0 spiro atoms. The number of pyridine rings is 1. The van der Waals surface area contributed by atoms with Crippen molar-refractivity contribution in [1.29, 1.82) is 0 Å². The second kappa shape index (κ2) is 10.3. The lowest BCUT2D eigenvalue weighted by Gasteiger charge is -2.37. The molecular formula is C24H32F3N3O4.